The minimum atomic E-state index is -0.652. The van der Waals surface area contributed by atoms with Crippen molar-refractivity contribution in [2.75, 3.05) is 6.54 Å². The Kier molecular flexibility index (Phi) is 2.61. The van der Waals surface area contributed by atoms with Gasteiger partial charge in [0.25, 0.3) is 0 Å². The molecule has 1 atom stereocenters. The van der Waals surface area contributed by atoms with Gasteiger partial charge in [0, 0.05) is 16.6 Å². The molecule has 2 N–H and O–H groups in total. The van der Waals surface area contributed by atoms with Gasteiger partial charge < -0.3 is 10.4 Å². The summed E-state index contributed by atoms with van der Waals surface area (Å²) in [6.07, 6.45) is 1.95. The molecule has 1 saturated heterocycles. The Morgan fingerprint density at radius 3 is 2.93 bits per heavy atom. The molecule has 0 unspecified atom stereocenters. The predicted octanol–water partition coefficient (Wildman–Crippen LogP) is 2.61. The van der Waals surface area contributed by atoms with Crippen LogP contribution >= 0.6 is 11.6 Å². The van der Waals surface area contributed by atoms with Crippen molar-refractivity contribution in [1.82, 2.24) is 5.32 Å². The Balaban J connectivity index is 2.40. The van der Waals surface area contributed by atoms with Crippen LogP contribution in [0, 0.1) is 5.82 Å². The second kappa shape index (κ2) is 3.75. The number of hydrogen-bond donors (Lipinski definition) is 2. The van der Waals surface area contributed by atoms with E-state index >= 15 is 0 Å². The summed E-state index contributed by atoms with van der Waals surface area (Å²) in [5, 5.41) is 13.0. The third kappa shape index (κ3) is 1.70. The zero-order valence-corrected chi connectivity index (χ0v) is 8.31. The molecule has 4 heteroatoms. The molecule has 1 aliphatic heterocycles. The number of nitrogens with one attached hydrogen (secondary N) is 1. The molecular formula is C10H11ClFNO. The number of phenolic OH excluding ortho intramolecular Hbond substituents is 1. The van der Waals surface area contributed by atoms with E-state index in [1.54, 1.807) is 6.07 Å². The SMILES string of the molecule is Oc1c(F)cc(Cl)cc1[C@@H]1CCCN1. The second-order valence-corrected chi connectivity index (χ2v) is 3.91. The van der Waals surface area contributed by atoms with Gasteiger partial charge in [-0.3, -0.25) is 0 Å². The van der Waals surface area contributed by atoms with Crippen LogP contribution in [0.15, 0.2) is 12.1 Å². The van der Waals surface area contributed by atoms with Crippen molar-refractivity contribution in [3.8, 4) is 5.75 Å². The average molecular weight is 216 g/mol. The van der Waals surface area contributed by atoms with Crippen LogP contribution in [-0.2, 0) is 0 Å². The molecule has 76 valence electrons. The fraction of sp³-hybridized carbons (Fsp3) is 0.400. The number of hydrogen-bond acceptors (Lipinski definition) is 2. The molecule has 0 saturated carbocycles. The fourth-order valence-electron chi connectivity index (χ4n) is 1.80. The highest BCUT2D eigenvalue weighted by Gasteiger charge is 2.21. The molecule has 14 heavy (non-hydrogen) atoms. The van der Waals surface area contributed by atoms with E-state index in [2.05, 4.69) is 5.32 Å². The quantitative estimate of drug-likeness (QED) is 0.755. The van der Waals surface area contributed by atoms with Crippen LogP contribution in [0.5, 0.6) is 5.75 Å². The summed E-state index contributed by atoms with van der Waals surface area (Å²) in [6, 6.07) is 2.77. The molecule has 0 spiro atoms. The summed E-state index contributed by atoms with van der Waals surface area (Å²) in [5.41, 5.74) is 0.563. The maximum Gasteiger partial charge on any atom is 0.166 e. The molecular weight excluding hydrogens is 205 g/mol. The maximum absolute atomic E-state index is 13.1. The molecule has 0 amide bonds. The van der Waals surface area contributed by atoms with E-state index in [0.29, 0.717) is 10.6 Å². The van der Waals surface area contributed by atoms with Crippen LogP contribution in [0.4, 0.5) is 4.39 Å². The Bertz CT molecular complexity index is 350. The number of aromatic hydroxyl groups is 1. The van der Waals surface area contributed by atoms with Crippen molar-refractivity contribution in [3.05, 3.63) is 28.5 Å². The lowest BCUT2D eigenvalue weighted by atomic mass is 10.0. The highest BCUT2D eigenvalue weighted by Crippen LogP contribution is 2.34. The van der Waals surface area contributed by atoms with Crippen LogP contribution in [0.25, 0.3) is 0 Å². The van der Waals surface area contributed by atoms with Gasteiger partial charge in [0.2, 0.25) is 0 Å². The van der Waals surface area contributed by atoms with Gasteiger partial charge in [-0.1, -0.05) is 11.6 Å². The van der Waals surface area contributed by atoms with Crippen molar-refractivity contribution < 1.29 is 9.50 Å². The van der Waals surface area contributed by atoms with E-state index < -0.39 is 5.82 Å². The second-order valence-electron chi connectivity index (χ2n) is 3.47. The smallest absolute Gasteiger partial charge is 0.166 e. The van der Waals surface area contributed by atoms with Crippen molar-refractivity contribution in [2.24, 2.45) is 0 Å². The Morgan fingerprint density at radius 1 is 1.50 bits per heavy atom. The highest BCUT2D eigenvalue weighted by molar-refractivity contribution is 6.30. The summed E-state index contributed by atoms with van der Waals surface area (Å²) < 4.78 is 13.1. The minimum Gasteiger partial charge on any atom is -0.505 e. The fourth-order valence-corrected chi connectivity index (χ4v) is 2.01. The van der Waals surface area contributed by atoms with Gasteiger partial charge in [-0.25, -0.2) is 4.39 Å². The zero-order valence-electron chi connectivity index (χ0n) is 7.56. The van der Waals surface area contributed by atoms with Crippen LogP contribution in [0.2, 0.25) is 5.02 Å². The minimum absolute atomic E-state index is 0.0307. The first-order valence-electron chi connectivity index (χ1n) is 4.60. The average Bonchev–Trinajstić information content (AvgIpc) is 2.63. The molecule has 2 rings (SSSR count). The number of rotatable bonds is 1. The monoisotopic (exact) mass is 215 g/mol. The van der Waals surface area contributed by atoms with E-state index in [0.717, 1.165) is 25.5 Å². The van der Waals surface area contributed by atoms with Crippen molar-refractivity contribution in [1.29, 1.82) is 0 Å². The van der Waals surface area contributed by atoms with Crippen molar-refractivity contribution >= 4 is 11.6 Å². The third-order valence-electron chi connectivity index (χ3n) is 2.49. The molecule has 1 heterocycles. The number of benzene rings is 1. The lowest BCUT2D eigenvalue weighted by Gasteiger charge is -2.13. The van der Waals surface area contributed by atoms with Gasteiger partial charge >= 0.3 is 0 Å². The standard InChI is InChI=1S/C10H11ClFNO/c11-6-4-7(9-2-1-3-13-9)10(14)8(12)5-6/h4-5,9,13-14H,1-3H2/t9-/m0/s1. The van der Waals surface area contributed by atoms with Crippen LogP contribution in [0.1, 0.15) is 24.4 Å². The van der Waals surface area contributed by atoms with Gasteiger partial charge in [-0.05, 0) is 31.5 Å². The van der Waals surface area contributed by atoms with Gasteiger partial charge in [0.05, 0.1) is 0 Å². The Labute approximate surface area is 86.7 Å². The summed E-state index contributed by atoms with van der Waals surface area (Å²) in [5.74, 6) is -0.935. The normalized spacial score (nSPS) is 21.4. The molecule has 2 nitrogen and oxygen atoms in total. The van der Waals surface area contributed by atoms with Crippen LogP contribution in [0.3, 0.4) is 0 Å². The zero-order chi connectivity index (χ0) is 10.1. The lowest BCUT2D eigenvalue weighted by Crippen LogP contribution is -2.13. The highest BCUT2D eigenvalue weighted by atomic mass is 35.5. The molecule has 1 aromatic carbocycles. The van der Waals surface area contributed by atoms with E-state index in [-0.39, 0.29) is 11.8 Å². The van der Waals surface area contributed by atoms with Crippen molar-refractivity contribution in [3.63, 3.8) is 0 Å². The molecule has 0 aliphatic carbocycles. The van der Waals surface area contributed by atoms with E-state index in [1.165, 1.54) is 0 Å². The third-order valence-corrected chi connectivity index (χ3v) is 2.71. The Hall–Kier alpha value is -0.800. The molecule has 0 aromatic heterocycles. The van der Waals surface area contributed by atoms with E-state index in [9.17, 15) is 9.50 Å². The largest absolute Gasteiger partial charge is 0.505 e. The van der Waals surface area contributed by atoms with Crippen molar-refractivity contribution in [2.45, 2.75) is 18.9 Å². The van der Waals surface area contributed by atoms with Gasteiger partial charge in [-0.15, -0.1) is 0 Å². The Morgan fingerprint density at radius 2 is 2.29 bits per heavy atom. The first-order chi connectivity index (χ1) is 6.68. The summed E-state index contributed by atoms with van der Waals surface area (Å²) in [6.45, 7) is 0.901. The predicted molar refractivity (Wildman–Crippen MR) is 53.1 cm³/mol. The summed E-state index contributed by atoms with van der Waals surface area (Å²) >= 11 is 5.72. The number of phenols is 1. The summed E-state index contributed by atoms with van der Waals surface area (Å²) in [4.78, 5) is 0. The molecule has 0 bridgehead atoms. The summed E-state index contributed by atoms with van der Waals surface area (Å²) in [7, 11) is 0. The van der Waals surface area contributed by atoms with Crippen LogP contribution in [-0.4, -0.2) is 11.7 Å². The molecule has 1 fully saturated rings. The van der Waals surface area contributed by atoms with E-state index in [4.69, 9.17) is 11.6 Å². The topological polar surface area (TPSA) is 32.3 Å². The molecule has 1 aliphatic rings. The van der Waals surface area contributed by atoms with Gasteiger partial charge in [0.1, 0.15) is 0 Å². The first-order valence-corrected chi connectivity index (χ1v) is 4.97. The maximum atomic E-state index is 13.1. The van der Waals surface area contributed by atoms with Crippen LogP contribution < -0.4 is 5.32 Å². The number of halogens is 2. The first kappa shape index (κ1) is 9.74. The van der Waals surface area contributed by atoms with E-state index in [1.807, 2.05) is 0 Å². The van der Waals surface area contributed by atoms with Gasteiger partial charge in [-0.2, -0.15) is 0 Å². The molecule has 1 aromatic rings. The van der Waals surface area contributed by atoms with Gasteiger partial charge in [0.15, 0.2) is 11.6 Å². The molecule has 0 radical (unpaired) electrons. The lowest BCUT2D eigenvalue weighted by molar-refractivity contribution is 0.417.